The largest absolute Gasteiger partial charge is 0.461 e. The summed E-state index contributed by atoms with van der Waals surface area (Å²) < 4.78 is 86.5. The third-order valence-electron chi connectivity index (χ3n) is 26.5. The Morgan fingerprint density at radius 3 is 0.781 bits per heavy atom. The molecule has 0 spiro atoms. The molecule has 16 fully saturated rings. The van der Waals surface area contributed by atoms with Crippen LogP contribution in [0.15, 0.2) is 211 Å². The molecule has 0 saturated heterocycles. The van der Waals surface area contributed by atoms with E-state index in [1.807, 2.05) is 0 Å². The summed E-state index contributed by atoms with van der Waals surface area (Å²) in [7, 11) is -0.0293. The number of alkyl halides is 4. The minimum atomic E-state index is -3.77. The van der Waals surface area contributed by atoms with Gasteiger partial charge in [0, 0.05) is 37.5 Å². The van der Waals surface area contributed by atoms with Gasteiger partial charge >= 0.3 is 47.7 Å². The van der Waals surface area contributed by atoms with Gasteiger partial charge in [-0.05, 0) is 250 Å². The van der Waals surface area contributed by atoms with Crippen molar-refractivity contribution < 1.29 is 94.6 Å². The van der Waals surface area contributed by atoms with Crippen LogP contribution in [0.3, 0.4) is 0 Å². The number of ether oxygens (including phenoxy) is 6. The molecule has 8 unspecified atom stereocenters. The zero-order valence-corrected chi connectivity index (χ0v) is 66.2. The van der Waals surface area contributed by atoms with E-state index in [0.717, 1.165) is 38.5 Å². The number of halogens is 4. The van der Waals surface area contributed by atoms with Crippen LogP contribution in [0.1, 0.15) is 155 Å². The van der Waals surface area contributed by atoms with Gasteiger partial charge in [-0.15, -0.1) is 0 Å². The highest BCUT2D eigenvalue weighted by molar-refractivity contribution is 7.97. The highest BCUT2D eigenvalue weighted by Gasteiger charge is 2.65. The molecule has 604 valence electrons. The number of rotatable bonds is 22. The van der Waals surface area contributed by atoms with Crippen LogP contribution in [0.25, 0.3) is 0 Å². The van der Waals surface area contributed by atoms with Gasteiger partial charge in [-0.25, -0.2) is 9.59 Å². The van der Waals surface area contributed by atoms with Gasteiger partial charge in [0.1, 0.15) is 38.0 Å². The fraction of sp³-hybridized carbons (Fsp3) is 0.522. The third kappa shape index (κ3) is 17.6. The van der Waals surface area contributed by atoms with Crippen molar-refractivity contribution in [2.75, 3.05) is 26.4 Å². The lowest BCUT2D eigenvalue weighted by molar-refractivity contribution is -0.207. The number of Topliss-reactive ketones (excluding diaryl/α,β-unsaturated/α-hetero) is 2. The molecule has 0 aliphatic heterocycles. The highest BCUT2D eigenvalue weighted by Crippen LogP contribution is 2.65. The number of hydrogen-bond donors (Lipinski definition) is 2. The highest BCUT2D eigenvalue weighted by atomic mass is 32.2. The molecule has 0 amide bonds. The van der Waals surface area contributed by atoms with Gasteiger partial charge in [-0.1, -0.05) is 109 Å². The van der Waals surface area contributed by atoms with Crippen LogP contribution in [0.2, 0.25) is 0 Å². The molecule has 16 saturated carbocycles. The van der Waals surface area contributed by atoms with E-state index in [1.54, 1.807) is 0 Å². The smallest absolute Gasteiger partial charge is 0.377 e. The van der Waals surface area contributed by atoms with Crippen LogP contribution < -0.4 is 0 Å². The normalized spacial score (nSPS) is 32.3. The Morgan fingerprint density at radius 2 is 0.561 bits per heavy atom. The molecule has 16 bridgehead atoms. The van der Waals surface area contributed by atoms with Gasteiger partial charge in [0.2, 0.25) is 0 Å². The van der Waals surface area contributed by atoms with Gasteiger partial charge in [-0.2, -0.15) is 17.6 Å². The van der Waals surface area contributed by atoms with E-state index >= 15 is 0 Å². The summed E-state index contributed by atoms with van der Waals surface area (Å²) in [5.41, 5.74) is -4.97. The lowest BCUT2D eigenvalue weighted by Gasteiger charge is -2.58. The van der Waals surface area contributed by atoms with E-state index in [0.29, 0.717) is 128 Å². The topological polar surface area (TPSA) is 232 Å². The van der Waals surface area contributed by atoms with E-state index in [9.17, 15) is 66.1 Å². The van der Waals surface area contributed by atoms with E-state index in [-0.39, 0.29) is 80.7 Å². The summed E-state index contributed by atoms with van der Waals surface area (Å²) in [5, 5.41) is 21.9. The molecule has 22 heteroatoms. The summed E-state index contributed by atoms with van der Waals surface area (Å²) in [6.07, 6.45) is 11.1. The molecule has 8 atom stereocenters. The van der Waals surface area contributed by atoms with Crippen LogP contribution in [0.5, 0.6) is 0 Å². The van der Waals surface area contributed by atoms with E-state index < -0.39 is 119 Å². The monoisotopic (exact) mass is 1600 g/mol. The van der Waals surface area contributed by atoms with Crippen molar-refractivity contribution in [3.05, 3.63) is 182 Å². The van der Waals surface area contributed by atoms with E-state index in [2.05, 4.69) is 182 Å². The van der Waals surface area contributed by atoms with Crippen LogP contribution in [-0.4, -0.2) is 119 Å². The van der Waals surface area contributed by atoms with Crippen LogP contribution in [0.4, 0.5) is 17.6 Å². The molecule has 0 radical (unpaired) electrons. The fourth-order valence-electron chi connectivity index (χ4n) is 23.1. The predicted octanol–water partition coefficient (Wildman–Crippen LogP) is 16.3. The summed E-state index contributed by atoms with van der Waals surface area (Å²) in [4.78, 5) is 110. The average molecular weight is 1600 g/mol. The molecule has 16 aliphatic carbocycles. The first kappa shape index (κ1) is 81.0. The number of benzene rings is 6. The van der Waals surface area contributed by atoms with Crippen molar-refractivity contribution in [3.8, 4) is 0 Å². The Balaban J connectivity index is 0.000000126. The molecule has 0 heterocycles. The van der Waals surface area contributed by atoms with Crippen molar-refractivity contribution in [2.45, 2.75) is 220 Å². The Morgan fingerprint density at radius 1 is 0.342 bits per heavy atom. The van der Waals surface area contributed by atoms with Crippen molar-refractivity contribution in [1.29, 1.82) is 0 Å². The van der Waals surface area contributed by atoms with Gasteiger partial charge < -0.3 is 38.6 Å². The number of esters is 6. The Kier molecular flexibility index (Phi) is 23.2. The maximum atomic E-state index is 13.6. The van der Waals surface area contributed by atoms with Crippen molar-refractivity contribution in [2.24, 2.45) is 80.8 Å². The lowest BCUT2D eigenvalue weighted by Crippen LogP contribution is -2.59. The first-order chi connectivity index (χ1) is 54.5. The summed E-state index contributed by atoms with van der Waals surface area (Å²) in [6, 6.07) is 64.3. The van der Waals surface area contributed by atoms with E-state index in [4.69, 9.17) is 28.4 Å². The number of carbonyl (C=O) groups excluding carboxylic acids is 8. The number of aliphatic hydroxyl groups is 2. The molecule has 0 aromatic heterocycles. The zero-order chi connectivity index (χ0) is 80.0. The first-order valence-corrected chi connectivity index (χ1v) is 43.1. The molecule has 16 nitrogen and oxygen atoms in total. The molecule has 2 N–H and O–H groups in total. The molecule has 16 aliphatic rings. The van der Waals surface area contributed by atoms with Crippen molar-refractivity contribution >= 4 is 69.2 Å². The molecular formula is C92H102F4O16S2+2. The van der Waals surface area contributed by atoms with Gasteiger partial charge in [0.25, 0.3) is 0 Å². The molecule has 6 aromatic carbocycles. The first-order valence-electron chi connectivity index (χ1n) is 40.6. The summed E-state index contributed by atoms with van der Waals surface area (Å²) in [6.45, 7) is -1.27. The number of ketones is 2. The second-order valence-corrected chi connectivity index (χ2v) is 39.8. The second-order valence-electron chi connectivity index (χ2n) is 35.7. The average Bonchev–Trinajstić information content (AvgIpc) is 0.741. The second kappa shape index (κ2) is 32.7. The Hall–Kier alpha value is -8.18. The molecular weight excluding hydrogens is 1500 g/mol. The van der Waals surface area contributed by atoms with Crippen LogP contribution in [0, 0.1) is 80.8 Å². The van der Waals surface area contributed by atoms with Crippen molar-refractivity contribution in [1.82, 2.24) is 0 Å². The molecule has 114 heavy (non-hydrogen) atoms. The standard InChI is InChI=1S/C28H38F2O8.C28H34F2O8.2C18H15S/c1-24(29,30)21(31)38-20(12-36-22(32)25-4-16-2-17(5-25)9-27(34,8-16)14-25)13-37-23(33)26-6-18-3-19(7-26)11-28(35,10-18)15-26;1-26(29,30)23(33)38-20(12-36-24(34)27-6-14-2-16(8-27)21(31)17(3-14)9-27)13-37-25(35)28-7-15-4-18(10-28)22(32)19(5-15)11-28;2*1-4-10-16(11-5-1)19(17-12-6-2-7-13-17)18-14-8-3-9-15-18/h16-20,34-35H,2-15H2,1H3;14-20H,2-13H2,1H3;2*1-15H/q;;2*+1. The number of hydrogen-bond acceptors (Lipinski definition) is 16. The fourth-order valence-corrected chi connectivity index (χ4v) is 27.3. The van der Waals surface area contributed by atoms with E-state index in [1.165, 1.54) is 29.4 Å². The zero-order valence-electron chi connectivity index (χ0n) is 64.6. The van der Waals surface area contributed by atoms with Gasteiger partial charge in [0.15, 0.2) is 41.6 Å². The molecule has 22 rings (SSSR count). The minimum absolute atomic E-state index is 0.0146. The maximum absolute atomic E-state index is 13.6. The van der Waals surface area contributed by atoms with Crippen LogP contribution >= 0.6 is 0 Å². The summed E-state index contributed by atoms with van der Waals surface area (Å²) >= 11 is 0. The predicted molar refractivity (Wildman–Crippen MR) is 414 cm³/mol. The van der Waals surface area contributed by atoms with Gasteiger partial charge in [0.05, 0.1) is 54.7 Å². The lowest BCUT2D eigenvalue weighted by atomic mass is 9.48. The Bertz CT molecular complexity index is 3960. The quantitative estimate of drug-likeness (QED) is 0.0278. The summed E-state index contributed by atoms with van der Waals surface area (Å²) in [5.74, 6) is -11.8. The van der Waals surface area contributed by atoms with Gasteiger partial charge in [-0.3, -0.25) is 28.8 Å². The minimum Gasteiger partial charge on any atom is -0.461 e. The molecule has 6 aromatic rings. The van der Waals surface area contributed by atoms with Crippen LogP contribution in [-0.2, 0) is 88.6 Å². The SMILES string of the molecule is CC(F)(F)C(=O)OC(COC(=O)C12CC3CC(C1)C(=O)C(C3)C2)COC(=O)C12CC3CC(C1)C(=O)C(C3)C2.CC(F)(F)C(=O)OC(COC(=O)C12CC3CC(CC(O)(C3)C1)C2)COC(=O)C12CC3CC(CC(O)(C3)C1)C2.c1ccc([S+](c2ccccc2)c2ccccc2)cc1.c1ccc([S+](c2ccccc2)c2ccccc2)cc1. The van der Waals surface area contributed by atoms with Crippen molar-refractivity contribution in [3.63, 3.8) is 0 Å². The number of carbonyl (C=O) groups is 8. The maximum Gasteiger partial charge on any atom is 0.377 e. The third-order valence-corrected chi connectivity index (χ3v) is 31.0. The Labute approximate surface area is 669 Å².